The Bertz CT molecular complexity index is 2170. The monoisotopic (exact) mass is 692 g/mol. The zero-order chi connectivity index (χ0) is 35.2. The van der Waals surface area contributed by atoms with Gasteiger partial charge < -0.3 is 10.2 Å². The zero-order valence-corrected chi connectivity index (χ0v) is 27.4. The van der Waals surface area contributed by atoms with Crippen LogP contribution in [0.15, 0.2) is 73.1 Å². The first kappa shape index (κ1) is 33.7. The Morgan fingerprint density at radius 2 is 1.80 bits per heavy atom. The first-order valence-corrected chi connectivity index (χ1v) is 17.1. The number of aryl methyl sites for hydroxylation is 1. The molecule has 254 valence electrons. The van der Waals surface area contributed by atoms with Gasteiger partial charge in [0.25, 0.3) is 5.00 Å². The number of nitrogens with zero attached hydrogens (tertiary/aromatic N) is 5. The number of hydrogen-bond acceptors (Lipinski definition) is 8. The van der Waals surface area contributed by atoms with Gasteiger partial charge in [0.05, 0.1) is 12.1 Å². The minimum absolute atomic E-state index is 0.0475. The third-order valence-electron chi connectivity index (χ3n) is 8.66. The van der Waals surface area contributed by atoms with Crippen molar-refractivity contribution in [2.75, 3.05) is 12.8 Å². The molecule has 2 aliphatic rings. The first-order chi connectivity index (χ1) is 23.2. The van der Waals surface area contributed by atoms with Crippen molar-refractivity contribution in [1.29, 1.82) is 0 Å². The standard InChI is InChI=1S/C34H31F3N6O5S/c1-19(44)32-26-13-21(23-15-38-20(2)39-16-23)10-11-28(26)43(41-32)18-31(45)42-17-25(36)14-29(42)33(46)40-30-9-5-8-27(34(30,37)49(3,47)48)22-6-4-7-24(35)12-22/h4-13,15-16,25,29-30H,14,17-18H2,1-3H3,(H,40,46)/t25-,29+,30?,34?/m1/s1. The van der Waals surface area contributed by atoms with Gasteiger partial charge in [0.2, 0.25) is 11.8 Å². The minimum Gasteiger partial charge on any atom is -0.343 e. The number of hydrogen-bond donors (Lipinski definition) is 1. The average molecular weight is 693 g/mol. The lowest BCUT2D eigenvalue weighted by molar-refractivity contribution is -0.139. The summed E-state index contributed by atoms with van der Waals surface area (Å²) in [5.41, 5.74) is 1.51. The molecule has 2 aromatic heterocycles. The van der Waals surface area contributed by atoms with Crippen molar-refractivity contribution in [2.45, 2.75) is 50.1 Å². The lowest BCUT2D eigenvalue weighted by Gasteiger charge is -2.36. The molecule has 1 N–H and O–H groups in total. The van der Waals surface area contributed by atoms with E-state index in [-0.39, 0.29) is 17.0 Å². The first-order valence-electron chi connectivity index (χ1n) is 15.2. The third-order valence-corrected chi connectivity index (χ3v) is 10.2. The fraction of sp³-hybridized carbons (Fsp3) is 0.294. The number of rotatable bonds is 8. The minimum atomic E-state index is -4.61. The van der Waals surface area contributed by atoms with Crippen molar-refractivity contribution in [3.8, 4) is 11.1 Å². The number of aromatic nitrogens is 4. The van der Waals surface area contributed by atoms with E-state index in [4.69, 9.17) is 0 Å². The van der Waals surface area contributed by atoms with E-state index in [0.29, 0.717) is 34.1 Å². The summed E-state index contributed by atoms with van der Waals surface area (Å²) in [6.07, 6.45) is 5.56. The van der Waals surface area contributed by atoms with E-state index in [2.05, 4.69) is 20.4 Å². The highest BCUT2D eigenvalue weighted by molar-refractivity contribution is 7.92. The van der Waals surface area contributed by atoms with Crippen LogP contribution in [0.1, 0.15) is 35.2 Å². The highest BCUT2D eigenvalue weighted by Crippen LogP contribution is 2.41. The molecule has 49 heavy (non-hydrogen) atoms. The second-order valence-electron chi connectivity index (χ2n) is 12.1. The number of alkyl halides is 2. The molecule has 15 heteroatoms. The molecule has 1 aliphatic carbocycles. The second kappa shape index (κ2) is 12.7. The van der Waals surface area contributed by atoms with Crippen LogP contribution in [-0.4, -0.2) is 86.7 Å². The van der Waals surface area contributed by atoms with Gasteiger partial charge in [0.1, 0.15) is 42.1 Å². The Balaban J connectivity index is 1.26. The normalized spacial score (nSPS) is 22.3. The van der Waals surface area contributed by atoms with E-state index in [0.717, 1.165) is 23.1 Å². The number of allylic oxidation sites excluding steroid dienone is 2. The maximum Gasteiger partial charge on any atom is 0.259 e. The van der Waals surface area contributed by atoms with Gasteiger partial charge >= 0.3 is 0 Å². The predicted octanol–water partition coefficient (Wildman–Crippen LogP) is 3.93. The molecule has 0 saturated carbocycles. The van der Waals surface area contributed by atoms with Crippen LogP contribution in [0.2, 0.25) is 0 Å². The Morgan fingerprint density at radius 1 is 1.06 bits per heavy atom. The van der Waals surface area contributed by atoms with Crippen LogP contribution in [0, 0.1) is 12.7 Å². The molecule has 0 radical (unpaired) electrons. The molecule has 1 aliphatic heterocycles. The van der Waals surface area contributed by atoms with Gasteiger partial charge in [-0.15, -0.1) is 0 Å². The second-order valence-corrected chi connectivity index (χ2v) is 14.2. The van der Waals surface area contributed by atoms with Gasteiger partial charge in [0.15, 0.2) is 15.6 Å². The molecule has 2 aromatic carbocycles. The highest BCUT2D eigenvalue weighted by Gasteiger charge is 2.54. The fourth-order valence-corrected chi connectivity index (χ4v) is 7.43. The van der Waals surface area contributed by atoms with Crippen LogP contribution in [0.3, 0.4) is 0 Å². The lowest BCUT2D eigenvalue weighted by atomic mass is 9.91. The van der Waals surface area contributed by atoms with Crippen molar-refractivity contribution in [3.05, 3.63) is 96.0 Å². The van der Waals surface area contributed by atoms with Crippen molar-refractivity contribution < 1.29 is 36.0 Å². The van der Waals surface area contributed by atoms with Crippen LogP contribution in [0.5, 0.6) is 0 Å². The fourth-order valence-electron chi connectivity index (χ4n) is 6.25. The summed E-state index contributed by atoms with van der Waals surface area (Å²) in [7, 11) is -4.61. The van der Waals surface area contributed by atoms with E-state index < -0.39 is 75.8 Å². The number of benzene rings is 2. The molecule has 11 nitrogen and oxygen atoms in total. The molecular formula is C34H31F3N6O5S. The van der Waals surface area contributed by atoms with Crippen molar-refractivity contribution in [2.24, 2.45) is 0 Å². The van der Waals surface area contributed by atoms with E-state index in [1.807, 2.05) is 0 Å². The lowest BCUT2D eigenvalue weighted by Crippen LogP contribution is -2.58. The smallest absolute Gasteiger partial charge is 0.259 e. The zero-order valence-electron chi connectivity index (χ0n) is 26.6. The number of carbonyl (C=O) groups excluding carboxylic acids is 3. The quantitative estimate of drug-likeness (QED) is 0.274. The van der Waals surface area contributed by atoms with E-state index in [1.54, 1.807) is 37.5 Å². The van der Waals surface area contributed by atoms with Gasteiger partial charge in [-0.1, -0.05) is 36.4 Å². The highest BCUT2D eigenvalue weighted by atomic mass is 32.2. The number of carbonyl (C=O) groups is 3. The Labute approximate surface area is 279 Å². The summed E-state index contributed by atoms with van der Waals surface area (Å²) in [6, 6.07) is 6.69. The van der Waals surface area contributed by atoms with E-state index in [9.17, 15) is 31.6 Å². The molecular weight excluding hydrogens is 661 g/mol. The number of sulfone groups is 1. The molecule has 6 rings (SSSR count). The molecule has 1 fully saturated rings. The molecule has 4 aromatic rings. The van der Waals surface area contributed by atoms with Crippen molar-refractivity contribution in [3.63, 3.8) is 0 Å². The van der Waals surface area contributed by atoms with Crippen molar-refractivity contribution >= 4 is 43.9 Å². The van der Waals surface area contributed by atoms with Crippen LogP contribution in [-0.2, 0) is 26.0 Å². The summed E-state index contributed by atoms with van der Waals surface area (Å²) in [5, 5.41) is 3.97. The summed E-state index contributed by atoms with van der Waals surface area (Å²) < 4.78 is 72.8. The van der Waals surface area contributed by atoms with E-state index in [1.165, 1.54) is 35.9 Å². The van der Waals surface area contributed by atoms with Gasteiger partial charge in [-0.25, -0.2) is 31.6 Å². The number of nitrogens with one attached hydrogen (secondary N) is 1. The van der Waals surface area contributed by atoms with Gasteiger partial charge in [-0.2, -0.15) is 5.10 Å². The van der Waals surface area contributed by atoms with Crippen LogP contribution in [0.4, 0.5) is 13.2 Å². The van der Waals surface area contributed by atoms with Crippen LogP contribution < -0.4 is 5.32 Å². The summed E-state index contributed by atoms with van der Waals surface area (Å²) >= 11 is 0. The Hall–Kier alpha value is -5.18. The summed E-state index contributed by atoms with van der Waals surface area (Å²) in [6.45, 7) is 2.18. The Morgan fingerprint density at radius 3 is 2.47 bits per heavy atom. The maximum absolute atomic E-state index is 16.8. The molecule has 1 saturated heterocycles. The average Bonchev–Trinajstić information content (AvgIpc) is 3.62. The largest absolute Gasteiger partial charge is 0.343 e. The number of likely N-dealkylation sites (tertiary alicyclic amines) is 1. The number of halogens is 3. The Kier molecular flexibility index (Phi) is 8.73. The number of ketones is 1. The predicted molar refractivity (Wildman–Crippen MR) is 175 cm³/mol. The van der Waals surface area contributed by atoms with Gasteiger partial charge in [0, 0.05) is 48.5 Å². The SMILES string of the molecule is CC(=O)c1nn(CC(=O)N2C[C@H](F)C[C@H]2C(=O)NC2C=CC=C(c3cccc(F)c3)C2(F)S(C)(=O)=O)c2ccc(-c3cnc(C)nc3)cc12. The van der Waals surface area contributed by atoms with Gasteiger partial charge in [-0.05, 0) is 42.3 Å². The summed E-state index contributed by atoms with van der Waals surface area (Å²) in [4.78, 5) is 49.2. The molecule has 4 atom stereocenters. The van der Waals surface area contributed by atoms with E-state index >= 15 is 4.39 Å². The van der Waals surface area contributed by atoms with Crippen LogP contribution >= 0.6 is 0 Å². The molecule has 3 heterocycles. The van der Waals surface area contributed by atoms with Gasteiger partial charge in [-0.3, -0.25) is 19.1 Å². The number of Topliss-reactive ketones (excluding diaryl/α,β-unsaturated/α-hetero) is 1. The van der Waals surface area contributed by atoms with Crippen molar-refractivity contribution in [1.82, 2.24) is 30.0 Å². The third kappa shape index (κ3) is 6.25. The molecule has 2 amide bonds. The van der Waals surface area contributed by atoms with Crippen LogP contribution in [0.25, 0.3) is 27.6 Å². The molecule has 2 unspecified atom stereocenters. The number of fused-ring (bicyclic) bond motifs is 1. The summed E-state index contributed by atoms with van der Waals surface area (Å²) in [5.74, 6) is -2.17. The number of amides is 2. The molecule has 0 spiro atoms. The topological polar surface area (TPSA) is 144 Å². The maximum atomic E-state index is 16.8. The molecule has 0 bridgehead atoms.